The molecule has 4 aromatic carbocycles. The topological polar surface area (TPSA) is 88.7 Å². The molecule has 0 saturated heterocycles. The summed E-state index contributed by atoms with van der Waals surface area (Å²) < 4.78 is 16.0. The number of aromatic amines is 1. The molecule has 7 heteroatoms. The van der Waals surface area contributed by atoms with Gasteiger partial charge in [-0.15, -0.1) is 0 Å². The number of rotatable bonds is 5. The molecule has 4 N–H and O–H groups in total. The Morgan fingerprint density at radius 3 is 2.58 bits per heavy atom. The maximum atomic E-state index is 13.8. The smallest absolute Gasteiger partial charge is 0.250 e. The van der Waals surface area contributed by atoms with Crippen LogP contribution in [0.25, 0.3) is 49.9 Å². The van der Waals surface area contributed by atoms with Gasteiger partial charge < -0.3 is 20.6 Å². The van der Waals surface area contributed by atoms with E-state index < -0.39 is 5.91 Å². The molecule has 1 amide bonds. The first-order valence-corrected chi connectivity index (χ1v) is 12.6. The molecule has 0 fully saturated rings. The summed E-state index contributed by atoms with van der Waals surface area (Å²) in [4.78, 5) is 20.3. The van der Waals surface area contributed by atoms with Gasteiger partial charge in [0.25, 0.3) is 5.91 Å². The number of hydrogen-bond donors (Lipinski definition) is 3. The maximum absolute atomic E-state index is 13.8. The van der Waals surface area contributed by atoms with Gasteiger partial charge in [0.1, 0.15) is 11.6 Å². The number of amides is 1. The summed E-state index contributed by atoms with van der Waals surface area (Å²) in [5.41, 5.74) is 12.1. The van der Waals surface area contributed by atoms with E-state index in [9.17, 15) is 9.18 Å². The van der Waals surface area contributed by atoms with Crippen LogP contribution in [-0.4, -0.2) is 27.0 Å². The molecule has 6 nitrogen and oxygen atoms in total. The van der Waals surface area contributed by atoms with E-state index in [4.69, 9.17) is 10.7 Å². The number of carbonyl (C=O) groups is 1. The van der Waals surface area contributed by atoms with Gasteiger partial charge in [0, 0.05) is 34.3 Å². The van der Waals surface area contributed by atoms with Gasteiger partial charge in [-0.1, -0.05) is 51.1 Å². The molecule has 0 aliphatic rings. The number of nitrogens with zero attached hydrogens (tertiary/aromatic N) is 2. The summed E-state index contributed by atoms with van der Waals surface area (Å²) in [5, 5.41) is 5.53. The Bertz CT molecular complexity index is 1860. The Balaban J connectivity index is 1.59. The summed E-state index contributed by atoms with van der Waals surface area (Å²) in [6.07, 6.45) is 0. The first-order chi connectivity index (χ1) is 18.2. The number of imidazole rings is 1. The van der Waals surface area contributed by atoms with Gasteiger partial charge >= 0.3 is 0 Å². The molecule has 2 aromatic heterocycles. The number of para-hydroxylation sites is 1. The lowest BCUT2D eigenvalue weighted by atomic mass is 9.96. The van der Waals surface area contributed by atoms with Crippen LogP contribution in [0.4, 0.5) is 10.1 Å². The molecule has 190 valence electrons. The van der Waals surface area contributed by atoms with Crippen LogP contribution in [0.15, 0.2) is 78.9 Å². The number of aromatic nitrogens is 3. The van der Waals surface area contributed by atoms with Gasteiger partial charge in [-0.2, -0.15) is 0 Å². The molecule has 6 rings (SSSR count). The van der Waals surface area contributed by atoms with E-state index >= 15 is 0 Å². The first-order valence-electron chi connectivity index (χ1n) is 12.6. The molecule has 6 aromatic rings. The molecule has 0 radical (unpaired) electrons. The highest BCUT2D eigenvalue weighted by molar-refractivity contribution is 6.15. The van der Waals surface area contributed by atoms with Crippen molar-refractivity contribution in [1.82, 2.24) is 14.5 Å². The lowest BCUT2D eigenvalue weighted by molar-refractivity contribution is 0.100. The van der Waals surface area contributed by atoms with Gasteiger partial charge in [0.2, 0.25) is 0 Å². The fourth-order valence-electron chi connectivity index (χ4n) is 5.00. The van der Waals surface area contributed by atoms with E-state index in [-0.39, 0.29) is 11.2 Å². The van der Waals surface area contributed by atoms with E-state index in [1.165, 1.54) is 12.1 Å². The van der Waals surface area contributed by atoms with Crippen LogP contribution in [0.3, 0.4) is 0 Å². The molecular weight excluding hydrogens is 477 g/mol. The summed E-state index contributed by atoms with van der Waals surface area (Å²) >= 11 is 0. The van der Waals surface area contributed by atoms with Gasteiger partial charge in [0.15, 0.2) is 0 Å². The van der Waals surface area contributed by atoms with Crippen molar-refractivity contribution in [3.8, 4) is 17.1 Å². The minimum absolute atomic E-state index is 0.0160. The zero-order valence-electron chi connectivity index (χ0n) is 21.5. The number of hydrogen-bond acceptors (Lipinski definition) is 3. The van der Waals surface area contributed by atoms with Crippen LogP contribution in [0.1, 0.15) is 31.1 Å². The number of nitrogens with one attached hydrogen (secondary N) is 2. The van der Waals surface area contributed by atoms with Crippen molar-refractivity contribution in [2.24, 2.45) is 11.1 Å². The van der Waals surface area contributed by atoms with Crippen molar-refractivity contribution in [2.75, 3.05) is 11.9 Å². The summed E-state index contributed by atoms with van der Waals surface area (Å²) in [7, 11) is 0. The predicted molar refractivity (Wildman–Crippen MR) is 152 cm³/mol. The molecule has 0 unspecified atom stereocenters. The summed E-state index contributed by atoms with van der Waals surface area (Å²) in [5.74, 6) is -0.104. The number of anilines is 1. The zero-order valence-corrected chi connectivity index (χ0v) is 21.5. The van der Waals surface area contributed by atoms with Crippen LogP contribution in [0, 0.1) is 11.2 Å². The molecule has 0 saturated carbocycles. The van der Waals surface area contributed by atoms with Crippen molar-refractivity contribution >= 4 is 44.4 Å². The Hall–Kier alpha value is -4.65. The van der Waals surface area contributed by atoms with E-state index in [0.717, 1.165) is 33.1 Å². The molecule has 0 spiro atoms. The van der Waals surface area contributed by atoms with E-state index in [1.54, 1.807) is 12.1 Å². The average Bonchev–Trinajstić information content (AvgIpc) is 3.45. The number of primary amides is 1. The second-order valence-electron chi connectivity index (χ2n) is 10.8. The van der Waals surface area contributed by atoms with Crippen molar-refractivity contribution in [3.05, 3.63) is 90.2 Å². The van der Waals surface area contributed by atoms with Crippen molar-refractivity contribution < 1.29 is 9.18 Å². The highest BCUT2D eigenvalue weighted by atomic mass is 19.1. The van der Waals surface area contributed by atoms with Crippen molar-refractivity contribution in [1.29, 1.82) is 0 Å². The number of fused-ring (bicyclic) bond motifs is 4. The van der Waals surface area contributed by atoms with Crippen LogP contribution in [0.2, 0.25) is 0 Å². The second-order valence-corrected chi connectivity index (χ2v) is 10.8. The minimum atomic E-state index is -0.473. The quantitative estimate of drug-likeness (QED) is 0.235. The zero-order chi connectivity index (χ0) is 26.6. The van der Waals surface area contributed by atoms with E-state index in [1.807, 2.05) is 36.4 Å². The van der Waals surface area contributed by atoms with Crippen LogP contribution in [-0.2, 0) is 0 Å². The molecular formula is C31H28FN5O. The van der Waals surface area contributed by atoms with Crippen molar-refractivity contribution in [2.45, 2.75) is 20.8 Å². The van der Waals surface area contributed by atoms with Gasteiger partial charge in [-0.3, -0.25) is 4.79 Å². The minimum Gasteiger partial charge on any atom is -0.384 e. The predicted octanol–water partition coefficient (Wildman–Crippen LogP) is 7.02. The fourth-order valence-corrected chi connectivity index (χ4v) is 5.00. The van der Waals surface area contributed by atoms with Gasteiger partial charge in [0.05, 0.1) is 27.6 Å². The normalized spacial score (nSPS) is 12.0. The number of H-pyrrole nitrogens is 1. The number of carbonyl (C=O) groups excluding carboxylic acids is 1. The number of nitrogens with two attached hydrogens (primary N) is 1. The number of benzene rings is 4. The first kappa shape index (κ1) is 23.7. The highest BCUT2D eigenvalue weighted by Gasteiger charge is 2.20. The lowest BCUT2D eigenvalue weighted by Crippen LogP contribution is -2.22. The molecule has 0 bridgehead atoms. The average molecular weight is 506 g/mol. The fraction of sp³-hybridized carbons (Fsp3) is 0.161. The standard InChI is InChI=1S/C31H28FN5O/c1-31(2,3)17-34-24-16-19(12-13-20(24)29(33)38)37-26-9-5-4-7-21(26)28-22(8-6-10-27(28)37)30-35-23-14-11-18(32)15-25(23)36-30/h4-16,34H,17H2,1-3H3,(H2,33,38)(H,35,36). The Morgan fingerprint density at radius 2 is 1.79 bits per heavy atom. The third-order valence-corrected chi connectivity index (χ3v) is 6.73. The second kappa shape index (κ2) is 8.73. The van der Waals surface area contributed by atoms with Crippen LogP contribution in [0.5, 0.6) is 0 Å². The van der Waals surface area contributed by atoms with Crippen LogP contribution >= 0.6 is 0 Å². The highest BCUT2D eigenvalue weighted by Crippen LogP contribution is 2.38. The largest absolute Gasteiger partial charge is 0.384 e. The third-order valence-electron chi connectivity index (χ3n) is 6.73. The van der Waals surface area contributed by atoms with Crippen molar-refractivity contribution in [3.63, 3.8) is 0 Å². The molecule has 0 aliphatic heterocycles. The van der Waals surface area contributed by atoms with Crippen LogP contribution < -0.4 is 11.1 Å². The van der Waals surface area contributed by atoms with E-state index in [2.05, 4.69) is 53.8 Å². The van der Waals surface area contributed by atoms with E-state index in [0.29, 0.717) is 34.7 Å². The Kier molecular flexibility index (Phi) is 5.45. The molecule has 0 atom stereocenters. The summed E-state index contributed by atoms with van der Waals surface area (Å²) in [6, 6.07) is 24.5. The Morgan fingerprint density at radius 1 is 1.00 bits per heavy atom. The monoisotopic (exact) mass is 505 g/mol. The third kappa shape index (κ3) is 4.06. The SMILES string of the molecule is CC(C)(C)CNc1cc(-n2c3ccccc3c3c(-c4nc5ccc(F)cc5[nH]4)cccc32)ccc1C(N)=O. The lowest BCUT2D eigenvalue weighted by Gasteiger charge is -2.21. The molecule has 38 heavy (non-hydrogen) atoms. The Labute approximate surface area is 219 Å². The molecule has 2 heterocycles. The summed E-state index contributed by atoms with van der Waals surface area (Å²) in [6.45, 7) is 7.08. The number of halogens is 1. The molecule has 0 aliphatic carbocycles. The van der Waals surface area contributed by atoms with Gasteiger partial charge in [-0.05, 0) is 53.9 Å². The van der Waals surface area contributed by atoms with Gasteiger partial charge in [-0.25, -0.2) is 9.37 Å². The maximum Gasteiger partial charge on any atom is 0.250 e.